The summed E-state index contributed by atoms with van der Waals surface area (Å²) >= 11 is 0. The molecular formula is C53H95NO40. The second-order valence-corrected chi connectivity index (χ2v) is 23.3. The molecule has 0 aromatic carbocycles. The zero-order chi connectivity index (χ0) is 70.7. The van der Waals surface area contributed by atoms with E-state index in [4.69, 9.17) is 91.1 Å². The van der Waals surface area contributed by atoms with Crippen molar-refractivity contribution in [2.75, 3.05) is 54.4 Å². The molecule has 0 radical (unpaired) electrons. The molecule has 41 nitrogen and oxygen atoms in total. The third kappa shape index (κ3) is 18.9. The molecule has 0 aromatic heterocycles. The Morgan fingerprint density at radius 1 is 0.277 bits per heavy atom. The molecule has 0 bridgehead atoms. The Labute approximate surface area is 536 Å². The summed E-state index contributed by atoms with van der Waals surface area (Å²) in [6.45, 7) is 2.75. The summed E-state index contributed by atoms with van der Waals surface area (Å²) in [5.41, 5.74) is 0. The SMILES string of the molecule is CO[C@@H]1OC(CO)[C@H](O)[C@H](O)C1O[C@@H]1OC(C)[C@@H](O)C(O)[C@@H]1O.CO[C@@H]1OC(CO)[C@H](O)[C@H](O[C@H]2OC(CO)[C@H](O)[C@H](O)C2C)C1O[C@@H]1OC(C)[C@@H](O)C(O)[C@@H]1O.CO[C@@H]1OC(CO)[C@H](O)[C@H](O[C@H]2OC(CO)[C@H](O)[C@H](O)C2O)C1O[C@@H]1OC(C)[C@@H](O)C(O)[C@@H]1O.N=C=O. The summed E-state index contributed by atoms with van der Waals surface area (Å²) in [4.78, 5) is 8.35. The Morgan fingerprint density at radius 3 is 0.819 bits per heavy atom. The van der Waals surface area contributed by atoms with Gasteiger partial charge in [0.05, 0.1) is 57.5 Å². The predicted octanol–water partition coefficient (Wildman–Crippen LogP) is -14.3. The third-order valence-corrected chi connectivity index (χ3v) is 17.0. The largest absolute Gasteiger partial charge is 0.394 e. The van der Waals surface area contributed by atoms with Gasteiger partial charge in [-0.15, -0.1) is 0 Å². The Balaban J connectivity index is 0.000000255. The summed E-state index contributed by atoms with van der Waals surface area (Å²) in [5, 5.41) is 235. The van der Waals surface area contributed by atoms with Crippen molar-refractivity contribution < 1.29 is 198 Å². The van der Waals surface area contributed by atoms with Gasteiger partial charge in [-0.05, 0) is 20.8 Å². The van der Waals surface area contributed by atoms with E-state index >= 15 is 0 Å². The summed E-state index contributed by atoms with van der Waals surface area (Å²) < 4.78 is 87.5. The lowest BCUT2D eigenvalue weighted by Gasteiger charge is -2.49. The van der Waals surface area contributed by atoms with Crippen LogP contribution in [0, 0.1) is 11.3 Å². The first-order valence-electron chi connectivity index (χ1n) is 29.8. The van der Waals surface area contributed by atoms with E-state index in [2.05, 4.69) is 0 Å². The minimum atomic E-state index is -1.81. The number of ether oxygens (including phenoxy) is 16. The zero-order valence-electron chi connectivity index (χ0n) is 51.9. The van der Waals surface area contributed by atoms with Crippen molar-refractivity contribution in [1.82, 2.24) is 0 Å². The highest BCUT2D eigenvalue weighted by Gasteiger charge is 2.57. The maximum absolute atomic E-state index is 10.9. The van der Waals surface area contributed by atoms with Crippen molar-refractivity contribution in [2.24, 2.45) is 5.92 Å². The normalized spacial score (nSPS) is 50.7. The number of hydrogen-bond donors (Lipinski definition) is 24. The van der Waals surface area contributed by atoms with E-state index in [1.807, 2.05) is 0 Å². The monoisotopic (exact) mass is 1390 g/mol. The molecule has 552 valence electrons. The highest BCUT2D eigenvalue weighted by Crippen LogP contribution is 2.38. The van der Waals surface area contributed by atoms with Crippen LogP contribution in [0.2, 0.25) is 0 Å². The molecule has 40 atom stereocenters. The van der Waals surface area contributed by atoms with Gasteiger partial charge in [-0.1, -0.05) is 6.92 Å². The van der Waals surface area contributed by atoms with E-state index in [0.29, 0.717) is 0 Å². The van der Waals surface area contributed by atoms with Gasteiger partial charge in [0.15, 0.2) is 50.3 Å². The molecule has 8 fully saturated rings. The topological polar surface area (TPSA) is 654 Å². The number of isocyanates is 1. The van der Waals surface area contributed by atoms with Gasteiger partial charge in [-0.25, -0.2) is 10.2 Å². The average molecular weight is 1390 g/mol. The number of nitrogens with one attached hydrogen (secondary N) is 1. The number of rotatable bonds is 18. The van der Waals surface area contributed by atoms with Crippen LogP contribution in [0.1, 0.15) is 27.7 Å². The molecule has 0 aliphatic carbocycles. The second-order valence-electron chi connectivity index (χ2n) is 23.3. The Morgan fingerprint density at radius 2 is 0.500 bits per heavy atom. The van der Waals surface area contributed by atoms with Crippen LogP contribution < -0.4 is 0 Å². The quantitative estimate of drug-likeness (QED) is 0.0448. The lowest BCUT2D eigenvalue weighted by molar-refractivity contribution is -0.388. The minimum absolute atomic E-state index is 0.532. The molecule has 16 unspecified atom stereocenters. The first-order valence-corrected chi connectivity index (χ1v) is 29.8. The Bertz CT molecular complexity index is 2090. The lowest BCUT2D eigenvalue weighted by Crippen LogP contribution is -2.66. The lowest BCUT2D eigenvalue weighted by atomic mass is 9.92. The molecular weight excluding hydrogens is 1290 g/mol. The standard InChI is InChI=1S/C20H36O14.C19H34O15.C13H24O10.CHNO/c1-6-10(23)12(25)8(4-21)31-18(6)33-16-13(26)9(5-22)32-20(29-3)17(16)34-19-15(28)14(27)11(24)7(2)30-19;1-5-8(22)11(25)13(27)17(30-5)34-16-15(10(24)7(4-21)32-19(16)29-2)33-18-14(28)12(26)9(23)6(3-20)31-18;1-4-6(15)8(17)10(19)12(21-4)23-11-9(18)7(16)5(3-14)22-13(11)20-2;2-1-3/h6-28H,4-5H2,1-3H3;5-28H,3-4H2,1-2H3;4-19H,3H2,1-2H3;2H/t6?,7?,8?,9?,10-,11-,12+,13+,14?,15+,16+,17?,18-,19+,20-;5?,6?,7?,8-,9+,10+,11?,12+,13+,14?,15+,16?,17+,18-,19-;4?,5?,6-,7+,8?,9+,10+,11?,12+,13-;/m111./s1. The number of methoxy groups -OCH3 is 3. The van der Waals surface area contributed by atoms with Crippen LogP contribution >= 0.6 is 0 Å². The van der Waals surface area contributed by atoms with Gasteiger partial charge in [0.25, 0.3) is 0 Å². The van der Waals surface area contributed by atoms with Crippen molar-refractivity contribution in [1.29, 1.82) is 5.41 Å². The molecule has 8 saturated heterocycles. The number of aliphatic hydroxyl groups is 23. The van der Waals surface area contributed by atoms with Gasteiger partial charge in [-0.3, -0.25) is 0 Å². The molecule has 24 N–H and O–H groups in total. The van der Waals surface area contributed by atoms with Crippen molar-refractivity contribution in [3.05, 3.63) is 0 Å². The van der Waals surface area contributed by atoms with Crippen LogP contribution in [0.3, 0.4) is 0 Å². The van der Waals surface area contributed by atoms with E-state index in [9.17, 15) is 112 Å². The molecule has 0 spiro atoms. The average Bonchev–Trinajstić information content (AvgIpc) is 0.792. The second kappa shape index (κ2) is 37.5. The first-order chi connectivity index (χ1) is 44.3. The van der Waals surface area contributed by atoms with Gasteiger partial charge < -0.3 is 193 Å². The molecule has 8 aliphatic heterocycles. The van der Waals surface area contributed by atoms with Crippen molar-refractivity contribution in [2.45, 2.75) is 267 Å². The summed E-state index contributed by atoms with van der Waals surface area (Å²) in [5.74, 6) is -0.810. The van der Waals surface area contributed by atoms with E-state index in [0.717, 1.165) is 6.08 Å². The maximum Gasteiger partial charge on any atom is 0.231 e. The zero-order valence-corrected chi connectivity index (χ0v) is 51.9. The highest BCUT2D eigenvalue weighted by molar-refractivity contribution is 5.26. The Hall–Kier alpha value is -2.18. The molecule has 0 saturated carbocycles. The molecule has 94 heavy (non-hydrogen) atoms. The van der Waals surface area contributed by atoms with Gasteiger partial charge in [0.1, 0.15) is 165 Å². The summed E-state index contributed by atoms with van der Waals surface area (Å²) in [6.07, 6.45) is -53.4. The Kier molecular flexibility index (Phi) is 32.9. The van der Waals surface area contributed by atoms with Crippen LogP contribution in [0.25, 0.3) is 0 Å². The smallest absolute Gasteiger partial charge is 0.231 e. The van der Waals surface area contributed by atoms with E-state index < -0.39 is 278 Å². The van der Waals surface area contributed by atoms with E-state index in [-0.39, 0.29) is 0 Å². The van der Waals surface area contributed by atoms with Crippen LogP contribution in [-0.2, 0) is 80.6 Å². The van der Waals surface area contributed by atoms with Crippen molar-refractivity contribution >= 4 is 6.08 Å². The molecule has 8 aliphatic rings. The molecule has 8 rings (SSSR count). The van der Waals surface area contributed by atoms with Gasteiger partial charge in [0.2, 0.25) is 6.08 Å². The fourth-order valence-corrected chi connectivity index (χ4v) is 11.2. The fraction of sp³-hybridized carbons (Fsp3) is 0.981. The molecule has 41 heteroatoms. The van der Waals surface area contributed by atoms with Crippen LogP contribution in [-0.4, -0.2) is 417 Å². The predicted molar refractivity (Wildman–Crippen MR) is 293 cm³/mol. The molecule has 0 amide bonds. The van der Waals surface area contributed by atoms with E-state index in [1.54, 1.807) is 0 Å². The first kappa shape index (κ1) is 82.5. The number of carbonyl (C=O) groups excluding carboxylic acids is 1. The highest BCUT2D eigenvalue weighted by atomic mass is 16.8. The van der Waals surface area contributed by atoms with Crippen LogP contribution in [0.4, 0.5) is 0 Å². The van der Waals surface area contributed by atoms with Gasteiger partial charge in [0, 0.05) is 27.2 Å². The molecule has 8 heterocycles. The van der Waals surface area contributed by atoms with Crippen molar-refractivity contribution in [3.8, 4) is 0 Å². The van der Waals surface area contributed by atoms with E-state index in [1.165, 1.54) is 49.0 Å². The summed E-state index contributed by atoms with van der Waals surface area (Å²) in [7, 11) is 3.77. The van der Waals surface area contributed by atoms with Crippen molar-refractivity contribution in [3.63, 3.8) is 0 Å². The number of hydrogen-bond acceptors (Lipinski definition) is 41. The van der Waals surface area contributed by atoms with Crippen LogP contribution in [0.5, 0.6) is 0 Å². The fourth-order valence-electron chi connectivity index (χ4n) is 11.2. The maximum atomic E-state index is 10.9. The number of aliphatic hydroxyl groups excluding tert-OH is 23. The molecule has 0 aromatic rings. The van der Waals surface area contributed by atoms with Gasteiger partial charge in [-0.2, -0.15) is 0 Å². The van der Waals surface area contributed by atoms with Crippen LogP contribution in [0.15, 0.2) is 0 Å². The van der Waals surface area contributed by atoms with Gasteiger partial charge >= 0.3 is 0 Å². The minimum Gasteiger partial charge on any atom is -0.394 e. The third-order valence-electron chi connectivity index (χ3n) is 17.0. The summed E-state index contributed by atoms with van der Waals surface area (Å²) in [6, 6.07) is 0.